The molecule has 23 heavy (non-hydrogen) atoms. The van der Waals surface area contributed by atoms with Gasteiger partial charge in [0.15, 0.2) is 5.78 Å². The van der Waals surface area contributed by atoms with Crippen LogP contribution in [0.2, 0.25) is 0 Å². The Bertz CT molecular complexity index is 716. The average Bonchev–Trinajstić information content (AvgIpc) is 2.44. The Morgan fingerprint density at radius 1 is 0.783 bits per heavy atom. The average molecular weight is 333 g/mol. The molecule has 0 aliphatic carbocycles. The number of rotatable bonds is 2. The number of benzene rings is 2. The van der Waals surface area contributed by atoms with E-state index in [1.165, 1.54) is 24.3 Å². The van der Waals surface area contributed by atoms with Gasteiger partial charge in [0.25, 0.3) is 0 Å². The van der Waals surface area contributed by atoms with Crippen molar-refractivity contribution in [3.63, 3.8) is 0 Å². The fourth-order valence-corrected chi connectivity index (χ4v) is 1.93. The first-order valence-electron chi connectivity index (χ1n) is 6.18. The molecule has 0 spiro atoms. The van der Waals surface area contributed by atoms with Crippen LogP contribution in [-0.4, -0.2) is 5.78 Å². The van der Waals surface area contributed by atoms with E-state index in [4.69, 9.17) is 5.73 Å². The zero-order valence-corrected chi connectivity index (χ0v) is 11.3. The SMILES string of the molecule is Nc1cccc(C(=O)c2cc(C(F)(F)F)cc(C(F)(F)F)c2)c1. The Balaban J connectivity index is 2.60. The van der Waals surface area contributed by atoms with Crippen LogP contribution < -0.4 is 5.73 Å². The van der Waals surface area contributed by atoms with E-state index in [1.54, 1.807) is 0 Å². The quantitative estimate of drug-likeness (QED) is 0.498. The van der Waals surface area contributed by atoms with Crippen LogP contribution in [0.4, 0.5) is 32.0 Å². The Morgan fingerprint density at radius 2 is 1.30 bits per heavy atom. The van der Waals surface area contributed by atoms with Crippen molar-refractivity contribution in [1.82, 2.24) is 0 Å². The largest absolute Gasteiger partial charge is 0.416 e. The topological polar surface area (TPSA) is 43.1 Å². The maximum absolute atomic E-state index is 12.8. The summed E-state index contributed by atoms with van der Waals surface area (Å²) in [5.41, 5.74) is 1.73. The predicted molar refractivity (Wildman–Crippen MR) is 70.7 cm³/mol. The van der Waals surface area contributed by atoms with Gasteiger partial charge in [-0.1, -0.05) is 12.1 Å². The maximum Gasteiger partial charge on any atom is 0.416 e. The molecular weight excluding hydrogens is 324 g/mol. The summed E-state index contributed by atoms with van der Waals surface area (Å²) in [4.78, 5) is 12.2. The van der Waals surface area contributed by atoms with Gasteiger partial charge in [-0.2, -0.15) is 26.3 Å². The van der Waals surface area contributed by atoms with Crippen molar-refractivity contribution < 1.29 is 31.1 Å². The van der Waals surface area contributed by atoms with E-state index in [-0.39, 0.29) is 17.3 Å². The number of anilines is 1. The Morgan fingerprint density at radius 3 is 1.74 bits per heavy atom. The standard InChI is InChI=1S/C15H9F6NO/c16-14(17,18)10-4-9(5-11(7-10)15(19,20)21)13(23)8-2-1-3-12(22)6-8/h1-7H,22H2. The molecule has 0 heterocycles. The number of ketones is 1. The summed E-state index contributed by atoms with van der Waals surface area (Å²) in [7, 11) is 0. The predicted octanol–water partition coefficient (Wildman–Crippen LogP) is 4.54. The number of nitrogens with two attached hydrogens (primary N) is 1. The number of nitrogen functional groups attached to an aromatic ring is 1. The number of halogens is 6. The number of hydrogen-bond acceptors (Lipinski definition) is 2. The van der Waals surface area contributed by atoms with E-state index in [0.717, 1.165) is 0 Å². The third-order valence-electron chi connectivity index (χ3n) is 3.00. The molecule has 0 aliphatic heterocycles. The van der Waals surface area contributed by atoms with Gasteiger partial charge < -0.3 is 5.73 Å². The lowest BCUT2D eigenvalue weighted by Crippen LogP contribution is -2.14. The lowest BCUT2D eigenvalue weighted by atomic mass is 9.98. The molecule has 122 valence electrons. The molecule has 2 aromatic carbocycles. The van der Waals surface area contributed by atoms with E-state index in [0.29, 0.717) is 12.1 Å². The van der Waals surface area contributed by atoms with Crippen molar-refractivity contribution in [2.45, 2.75) is 12.4 Å². The van der Waals surface area contributed by atoms with Crippen molar-refractivity contribution in [3.05, 3.63) is 64.7 Å². The van der Waals surface area contributed by atoms with Crippen molar-refractivity contribution in [3.8, 4) is 0 Å². The van der Waals surface area contributed by atoms with Gasteiger partial charge in [0.1, 0.15) is 0 Å². The van der Waals surface area contributed by atoms with Crippen molar-refractivity contribution in [2.24, 2.45) is 0 Å². The van der Waals surface area contributed by atoms with Gasteiger partial charge in [0.2, 0.25) is 0 Å². The first-order valence-corrected chi connectivity index (χ1v) is 6.18. The summed E-state index contributed by atoms with van der Waals surface area (Å²) in [6, 6.07) is 5.99. The fraction of sp³-hybridized carbons (Fsp3) is 0.133. The smallest absolute Gasteiger partial charge is 0.399 e. The molecular formula is C15H9F6NO. The molecule has 8 heteroatoms. The van der Waals surface area contributed by atoms with Crippen molar-refractivity contribution in [2.75, 3.05) is 5.73 Å². The first kappa shape index (κ1) is 16.9. The summed E-state index contributed by atoms with van der Waals surface area (Å²) in [6.45, 7) is 0. The molecule has 0 bridgehead atoms. The summed E-state index contributed by atoms with van der Waals surface area (Å²) < 4.78 is 76.6. The molecule has 2 aromatic rings. The van der Waals surface area contributed by atoms with Crippen LogP contribution in [0.1, 0.15) is 27.0 Å². The minimum absolute atomic E-state index is 0.0316. The highest BCUT2D eigenvalue weighted by Crippen LogP contribution is 2.36. The second-order valence-electron chi connectivity index (χ2n) is 4.75. The summed E-state index contributed by atoms with van der Waals surface area (Å²) in [5.74, 6) is -0.978. The van der Waals surface area contributed by atoms with E-state index < -0.39 is 34.8 Å². The zero-order chi connectivity index (χ0) is 17.4. The molecule has 0 atom stereocenters. The van der Waals surface area contributed by atoms with Gasteiger partial charge in [0.05, 0.1) is 11.1 Å². The third kappa shape index (κ3) is 3.82. The van der Waals surface area contributed by atoms with Gasteiger partial charge >= 0.3 is 12.4 Å². The number of alkyl halides is 6. The summed E-state index contributed by atoms with van der Waals surface area (Å²) in [5, 5.41) is 0. The zero-order valence-electron chi connectivity index (χ0n) is 11.3. The molecule has 0 aromatic heterocycles. The Hall–Kier alpha value is -2.51. The molecule has 0 unspecified atom stereocenters. The van der Waals surface area contributed by atoms with Crippen molar-refractivity contribution >= 4 is 11.5 Å². The Labute approximate surface area is 126 Å². The van der Waals surface area contributed by atoms with Crippen LogP contribution >= 0.6 is 0 Å². The normalized spacial score (nSPS) is 12.3. The lowest BCUT2D eigenvalue weighted by molar-refractivity contribution is -0.143. The summed E-state index contributed by atoms with van der Waals surface area (Å²) in [6.07, 6.45) is -10.0. The fourth-order valence-electron chi connectivity index (χ4n) is 1.93. The molecule has 0 amide bonds. The first-order chi connectivity index (χ1) is 10.5. The molecule has 0 saturated heterocycles. The molecule has 0 aliphatic rings. The maximum atomic E-state index is 12.8. The minimum atomic E-state index is -5.01. The Kier molecular flexibility index (Phi) is 4.10. The highest BCUT2D eigenvalue weighted by molar-refractivity contribution is 6.09. The molecule has 2 rings (SSSR count). The molecule has 0 saturated carbocycles. The number of carbonyl (C=O) groups is 1. The molecule has 2 nitrogen and oxygen atoms in total. The van der Waals surface area contributed by atoms with Crippen LogP contribution in [0.3, 0.4) is 0 Å². The van der Waals surface area contributed by atoms with Gasteiger partial charge in [-0.15, -0.1) is 0 Å². The van der Waals surface area contributed by atoms with Crippen LogP contribution in [0.25, 0.3) is 0 Å². The molecule has 0 fully saturated rings. The van der Waals surface area contributed by atoms with Crippen LogP contribution in [0, 0.1) is 0 Å². The lowest BCUT2D eigenvalue weighted by Gasteiger charge is -2.14. The summed E-state index contributed by atoms with van der Waals surface area (Å²) >= 11 is 0. The van der Waals surface area contributed by atoms with E-state index in [9.17, 15) is 31.1 Å². The highest BCUT2D eigenvalue weighted by atomic mass is 19.4. The number of carbonyl (C=O) groups excluding carboxylic acids is 1. The van der Waals surface area contributed by atoms with Crippen molar-refractivity contribution in [1.29, 1.82) is 0 Å². The van der Waals surface area contributed by atoms with Gasteiger partial charge in [-0.05, 0) is 30.3 Å². The number of hydrogen-bond donors (Lipinski definition) is 1. The van der Waals surface area contributed by atoms with Gasteiger partial charge in [-0.25, -0.2) is 0 Å². The van der Waals surface area contributed by atoms with Gasteiger partial charge in [-0.3, -0.25) is 4.79 Å². The molecule has 2 N–H and O–H groups in total. The second-order valence-corrected chi connectivity index (χ2v) is 4.75. The van der Waals surface area contributed by atoms with Crippen LogP contribution in [-0.2, 0) is 12.4 Å². The third-order valence-corrected chi connectivity index (χ3v) is 3.00. The molecule has 0 radical (unpaired) electrons. The van der Waals surface area contributed by atoms with E-state index in [1.807, 2.05) is 0 Å². The highest BCUT2D eigenvalue weighted by Gasteiger charge is 2.37. The second kappa shape index (κ2) is 5.60. The van der Waals surface area contributed by atoms with E-state index >= 15 is 0 Å². The minimum Gasteiger partial charge on any atom is -0.399 e. The van der Waals surface area contributed by atoms with E-state index in [2.05, 4.69) is 0 Å². The van der Waals surface area contributed by atoms with Crippen LogP contribution in [0.5, 0.6) is 0 Å². The van der Waals surface area contributed by atoms with Crippen LogP contribution in [0.15, 0.2) is 42.5 Å². The van der Waals surface area contributed by atoms with Gasteiger partial charge in [0, 0.05) is 16.8 Å². The monoisotopic (exact) mass is 333 g/mol.